The monoisotopic (exact) mass is 473 g/mol. The van der Waals surface area contributed by atoms with Gasteiger partial charge in [-0.2, -0.15) is 0 Å². The van der Waals surface area contributed by atoms with Gasteiger partial charge in [0.05, 0.1) is 11.1 Å². The topological polar surface area (TPSA) is 178 Å². The number of hydrogen-bond acceptors (Lipinski definition) is 7. The van der Waals surface area contributed by atoms with Gasteiger partial charge in [0, 0.05) is 30.5 Å². The van der Waals surface area contributed by atoms with Gasteiger partial charge in [0.25, 0.3) is 0 Å². The predicted octanol–water partition coefficient (Wildman–Crippen LogP) is 2.66. The SMILES string of the molecule is CCn1c(N)c(C(=O)O)c(=O)c2ccc(-c3ccc(NC(=O)NCc4ccc(N)nc4)cc3)nc21. The van der Waals surface area contributed by atoms with Crippen LogP contribution in [0.1, 0.15) is 22.8 Å². The number of anilines is 3. The Hall–Kier alpha value is -4.93. The van der Waals surface area contributed by atoms with Crippen LogP contribution in [-0.2, 0) is 13.1 Å². The Balaban J connectivity index is 1.54. The summed E-state index contributed by atoms with van der Waals surface area (Å²) in [6, 6.07) is 13.2. The molecule has 4 rings (SSSR count). The summed E-state index contributed by atoms with van der Waals surface area (Å²) in [6.45, 7) is 2.42. The molecule has 0 unspecified atom stereocenters. The zero-order valence-electron chi connectivity index (χ0n) is 18.8. The quantitative estimate of drug-likeness (QED) is 0.283. The number of nitrogen functional groups attached to an aromatic ring is 2. The molecule has 0 aliphatic carbocycles. The van der Waals surface area contributed by atoms with Gasteiger partial charge in [0.15, 0.2) is 0 Å². The molecule has 11 nitrogen and oxygen atoms in total. The molecular formula is C24H23N7O4. The van der Waals surface area contributed by atoms with Gasteiger partial charge >= 0.3 is 12.0 Å². The fourth-order valence-electron chi connectivity index (χ4n) is 3.64. The zero-order valence-corrected chi connectivity index (χ0v) is 18.8. The second-order valence-corrected chi connectivity index (χ2v) is 7.68. The van der Waals surface area contributed by atoms with Crippen molar-refractivity contribution in [3.63, 3.8) is 0 Å². The van der Waals surface area contributed by atoms with Crippen LogP contribution in [0.3, 0.4) is 0 Å². The molecule has 0 radical (unpaired) electrons. The molecule has 0 saturated heterocycles. The average Bonchev–Trinajstić information content (AvgIpc) is 2.84. The molecule has 11 heteroatoms. The number of rotatable bonds is 6. The van der Waals surface area contributed by atoms with Crippen LogP contribution in [-0.4, -0.2) is 31.6 Å². The average molecular weight is 473 g/mol. The van der Waals surface area contributed by atoms with Crippen LogP contribution in [0.25, 0.3) is 22.3 Å². The first-order chi connectivity index (χ1) is 16.8. The maximum absolute atomic E-state index is 12.6. The minimum absolute atomic E-state index is 0.137. The molecule has 178 valence electrons. The molecule has 3 heterocycles. The Morgan fingerprint density at radius 1 is 1.06 bits per heavy atom. The number of carbonyl (C=O) groups is 2. The van der Waals surface area contributed by atoms with Gasteiger partial charge in [-0.15, -0.1) is 0 Å². The van der Waals surface area contributed by atoms with E-state index < -0.39 is 17.0 Å². The van der Waals surface area contributed by atoms with E-state index in [0.717, 1.165) is 11.1 Å². The van der Waals surface area contributed by atoms with Crippen molar-refractivity contribution in [2.24, 2.45) is 0 Å². The lowest BCUT2D eigenvalue weighted by molar-refractivity contribution is 0.0696. The van der Waals surface area contributed by atoms with Gasteiger partial charge < -0.3 is 31.8 Å². The first kappa shape index (κ1) is 23.2. The normalized spacial score (nSPS) is 10.8. The lowest BCUT2D eigenvalue weighted by Gasteiger charge is -2.14. The summed E-state index contributed by atoms with van der Waals surface area (Å²) in [5.41, 5.74) is 13.4. The van der Waals surface area contributed by atoms with E-state index in [9.17, 15) is 19.5 Å². The maximum Gasteiger partial charge on any atom is 0.343 e. The predicted molar refractivity (Wildman–Crippen MR) is 133 cm³/mol. The second kappa shape index (κ2) is 9.51. The molecule has 0 saturated carbocycles. The Labute approximate surface area is 199 Å². The highest BCUT2D eigenvalue weighted by molar-refractivity contribution is 5.97. The van der Waals surface area contributed by atoms with E-state index in [-0.39, 0.29) is 17.2 Å². The molecule has 2 amide bonds. The van der Waals surface area contributed by atoms with Crippen molar-refractivity contribution in [1.82, 2.24) is 19.9 Å². The Morgan fingerprint density at radius 3 is 2.43 bits per heavy atom. The lowest BCUT2D eigenvalue weighted by Crippen LogP contribution is -2.28. The number of aromatic carboxylic acids is 1. The van der Waals surface area contributed by atoms with Crippen molar-refractivity contribution in [1.29, 1.82) is 0 Å². The van der Waals surface area contributed by atoms with Gasteiger partial charge in [-0.3, -0.25) is 4.79 Å². The fraction of sp³-hybridized carbons (Fsp3) is 0.125. The fourth-order valence-corrected chi connectivity index (χ4v) is 3.64. The Morgan fingerprint density at radius 2 is 1.80 bits per heavy atom. The summed E-state index contributed by atoms with van der Waals surface area (Å²) in [4.78, 5) is 44.9. The number of nitrogens with zero attached hydrogens (tertiary/aromatic N) is 3. The van der Waals surface area contributed by atoms with Crippen molar-refractivity contribution < 1.29 is 14.7 Å². The van der Waals surface area contributed by atoms with E-state index in [1.54, 1.807) is 61.7 Å². The number of carboxylic acid groups (broad SMARTS) is 1. The van der Waals surface area contributed by atoms with Gasteiger partial charge in [-0.1, -0.05) is 18.2 Å². The van der Waals surface area contributed by atoms with Crippen LogP contribution in [0.4, 0.5) is 22.1 Å². The number of amides is 2. The molecule has 7 N–H and O–H groups in total. The third-order valence-electron chi connectivity index (χ3n) is 5.42. The summed E-state index contributed by atoms with van der Waals surface area (Å²) in [7, 11) is 0. The van der Waals surface area contributed by atoms with Crippen LogP contribution in [0, 0.1) is 0 Å². The number of aryl methyl sites for hydroxylation is 1. The van der Waals surface area contributed by atoms with Gasteiger partial charge in [-0.05, 0) is 42.8 Å². The summed E-state index contributed by atoms with van der Waals surface area (Å²) < 4.78 is 1.50. The summed E-state index contributed by atoms with van der Waals surface area (Å²) in [5, 5.41) is 15.1. The third-order valence-corrected chi connectivity index (χ3v) is 5.42. The van der Waals surface area contributed by atoms with Crippen molar-refractivity contribution in [2.75, 3.05) is 16.8 Å². The maximum atomic E-state index is 12.6. The highest BCUT2D eigenvalue weighted by atomic mass is 16.4. The van der Waals surface area contributed by atoms with E-state index in [1.807, 2.05) is 0 Å². The highest BCUT2D eigenvalue weighted by Gasteiger charge is 2.20. The number of hydrogen-bond donors (Lipinski definition) is 5. The van der Waals surface area contributed by atoms with E-state index in [1.165, 1.54) is 4.57 Å². The van der Waals surface area contributed by atoms with E-state index >= 15 is 0 Å². The van der Waals surface area contributed by atoms with E-state index in [4.69, 9.17) is 11.5 Å². The number of nitrogens with two attached hydrogens (primary N) is 2. The number of urea groups is 1. The van der Waals surface area contributed by atoms with E-state index in [0.29, 0.717) is 35.9 Å². The Bertz CT molecular complexity index is 1480. The third kappa shape index (κ3) is 4.74. The van der Waals surface area contributed by atoms with Crippen molar-refractivity contribution in [3.8, 4) is 11.3 Å². The van der Waals surface area contributed by atoms with Crippen LogP contribution in [0.5, 0.6) is 0 Å². The van der Waals surface area contributed by atoms with E-state index in [2.05, 4.69) is 20.6 Å². The first-order valence-electron chi connectivity index (χ1n) is 10.7. The number of aromatic nitrogens is 3. The number of benzene rings is 1. The number of fused-ring (bicyclic) bond motifs is 1. The molecular weight excluding hydrogens is 450 g/mol. The van der Waals surface area contributed by atoms with Crippen LogP contribution in [0.2, 0.25) is 0 Å². The molecule has 0 spiro atoms. The minimum Gasteiger partial charge on any atom is -0.477 e. The second-order valence-electron chi connectivity index (χ2n) is 7.68. The molecule has 4 aromatic rings. The van der Waals surface area contributed by atoms with Crippen molar-refractivity contribution in [3.05, 3.63) is 76.1 Å². The molecule has 0 fully saturated rings. The minimum atomic E-state index is -1.38. The molecule has 0 bridgehead atoms. The van der Waals surface area contributed by atoms with Crippen LogP contribution < -0.4 is 27.5 Å². The molecule has 3 aromatic heterocycles. The summed E-state index contributed by atoms with van der Waals surface area (Å²) >= 11 is 0. The molecule has 0 atom stereocenters. The smallest absolute Gasteiger partial charge is 0.343 e. The largest absolute Gasteiger partial charge is 0.477 e. The summed E-state index contributed by atoms with van der Waals surface area (Å²) in [6.07, 6.45) is 1.59. The number of nitrogens with one attached hydrogen (secondary N) is 2. The van der Waals surface area contributed by atoms with Gasteiger partial charge in [-0.25, -0.2) is 19.6 Å². The Kier molecular flexibility index (Phi) is 6.32. The highest BCUT2D eigenvalue weighted by Crippen LogP contribution is 2.24. The number of pyridine rings is 3. The zero-order chi connectivity index (χ0) is 25.1. The van der Waals surface area contributed by atoms with Gasteiger partial charge in [0.2, 0.25) is 5.43 Å². The standard InChI is InChI=1S/C24H23N7O4/c1-2-31-21(26)19(23(33)34)20(32)16-8-9-17(30-22(16)31)14-4-6-15(7-5-14)29-24(35)28-12-13-3-10-18(25)27-11-13/h3-11H,2,12,26H2,1H3,(H2,25,27)(H,33,34)(H2,28,29,35). The first-order valence-corrected chi connectivity index (χ1v) is 10.7. The van der Waals surface area contributed by atoms with Crippen molar-refractivity contribution in [2.45, 2.75) is 20.0 Å². The molecule has 1 aromatic carbocycles. The van der Waals surface area contributed by atoms with Crippen molar-refractivity contribution >= 4 is 40.4 Å². The molecule has 0 aliphatic rings. The molecule has 35 heavy (non-hydrogen) atoms. The van der Waals surface area contributed by atoms with Gasteiger partial charge in [0.1, 0.15) is 22.8 Å². The molecule has 0 aliphatic heterocycles. The van der Waals surface area contributed by atoms with Crippen LogP contribution in [0.15, 0.2) is 59.5 Å². The number of carbonyl (C=O) groups excluding carboxylic acids is 1. The lowest BCUT2D eigenvalue weighted by atomic mass is 10.1. The summed E-state index contributed by atoms with van der Waals surface area (Å²) in [5.74, 6) is -1.11. The number of carboxylic acids is 1. The van der Waals surface area contributed by atoms with Crippen LogP contribution >= 0.6 is 0 Å².